The van der Waals surface area contributed by atoms with Gasteiger partial charge in [0.25, 0.3) is 0 Å². The summed E-state index contributed by atoms with van der Waals surface area (Å²) < 4.78 is 27.3. The number of anilines is 1. The summed E-state index contributed by atoms with van der Waals surface area (Å²) in [5.41, 5.74) is 2.88. The molecule has 41 heavy (non-hydrogen) atoms. The van der Waals surface area contributed by atoms with Gasteiger partial charge in [0.05, 0.1) is 11.9 Å². The van der Waals surface area contributed by atoms with Crippen molar-refractivity contribution < 1.29 is 18.0 Å². The predicted octanol–water partition coefficient (Wildman–Crippen LogP) is 5.79. The van der Waals surface area contributed by atoms with Crippen LogP contribution >= 0.6 is 11.6 Å². The standard InChI is InChI=1S/C32H40ClN3O4S/c1-5-6-19-34-32(38)30(21-25-13-8-7-9-14-25)35(22-26-15-12-16-27(33)20-26)31(37)23-36(41(4,39)40)29-18-11-10-17-28(29)24(2)3/h7-18,20,24,30H,5-6,19,21-23H2,1-4H3,(H,34,38)/t30-/m0/s1. The molecule has 0 aromatic heterocycles. The van der Waals surface area contributed by atoms with Crippen LogP contribution in [0.3, 0.4) is 0 Å². The van der Waals surface area contributed by atoms with E-state index in [0.717, 1.165) is 40.1 Å². The van der Waals surface area contributed by atoms with E-state index < -0.39 is 28.5 Å². The van der Waals surface area contributed by atoms with Crippen molar-refractivity contribution in [2.45, 2.75) is 58.5 Å². The summed E-state index contributed by atoms with van der Waals surface area (Å²) in [5, 5.41) is 3.49. The van der Waals surface area contributed by atoms with Crippen LogP contribution in [-0.2, 0) is 32.6 Å². The highest BCUT2D eigenvalue weighted by atomic mass is 35.5. The first-order valence-corrected chi connectivity index (χ1v) is 16.2. The maximum absolute atomic E-state index is 14.2. The largest absolute Gasteiger partial charge is 0.354 e. The lowest BCUT2D eigenvalue weighted by Gasteiger charge is -2.34. The van der Waals surface area contributed by atoms with Gasteiger partial charge in [-0.1, -0.05) is 99.5 Å². The highest BCUT2D eigenvalue weighted by molar-refractivity contribution is 7.92. The summed E-state index contributed by atoms with van der Waals surface area (Å²) in [6.07, 6.45) is 3.08. The topological polar surface area (TPSA) is 86.8 Å². The summed E-state index contributed by atoms with van der Waals surface area (Å²) in [6.45, 7) is 6.11. The Morgan fingerprint density at radius 2 is 1.59 bits per heavy atom. The number of halogens is 1. The molecule has 1 N–H and O–H groups in total. The summed E-state index contributed by atoms with van der Waals surface area (Å²) in [4.78, 5) is 29.4. The van der Waals surface area contributed by atoms with Crippen molar-refractivity contribution in [3.63, 3.8) is 0 Å². The van der Waals surface area contributed by atoms with Crippen molar-refractivity contribution in [1.82, 2.24) is 10.2 Å². The molecule has 0 aliphatic heterocycles. The Hall–Kier alpha value is -3.36. The second-order valence-corrected chi connectivity index (χ2v) is 12.8. The van der Waals surface area contributed by atoms with E-state index >= 15 is 0 Å². The molecule has 0 saturated heterocycles. The molecule has 3 rings (SSSR count). The van der Waals surface area contributed by atoms with Crippen molar-refractivity contribution in [2.24, 2.45) is 0 Å². The van der Waals surface area contributed by atoms with Gasteiger partial charge in [-0.2, -0.15) is 0 Å². The van der Waals surface area contributed by atoms with Crippen LogP contribution < -0.4 is 9.62 Å². The number of sulfonamides is 1. The van der Waals surface area contributed by atoms with Crippen LogP contribution in [0, 0.1) is 0 Å². The first-order valence-electron chi connectivity index (χ1n) is 13.9. The van der Waals surface area contributed by atoms with Gasteiger partial charge in [-0.3, -0.25) is 13.9 Å². The van der Waals surface area contributed by atoms with Gasteiger partial charge in [0, 0.05) is 24.5 Å². The fourth-order valence-electron chi connectivity index (χ4n) is 4.69. The van der Waals surface area contributed by atoms with Crippen LogP contribution in [-0.4, -0.2) is 50.5 Å². The average molecular weight is 598 g/mol. The van der Waals surface area contributed by atoms with Crippen LogP contribution in [0.25, 0.3) is 0 Å². The second kappa shape index (κ2) is 15.0. The van der Waals surface area contributed by atoms with Crippen molar-refractivity contribution in [2.75, 3.05) is 23.7 Å². The second-order valence-electron chi connectivity index (χ2n) is 10.5. The number of carbonyl (C=O) groups is 2. The normalized spacial score (nSPS) is 12.1. The summed E-state index contributed by atoms with van der Waals surface area (Å²) in [7, 11) is -3.84. The van der Waals surface area contributed by atoms with E-state index in [2.05, 4.69) is 5.32 Å². The number of carbonyl (C=O) groups excluding carboxylic acids is 2. The molecule has 7 nitrogen and oxygen atoms in total. The van der Waals surface area contributed by atoms with E-state index in [0.29, 0.717) is 17.3 Å². The van der Waals surface area contributed by atoms with Gasteiger partial charge in [-0.25, -0.2) is 8.42 Å². The predicted molar refractivity (Wildman–Crippen MR) is 167 cm³/mol. The van der Waals surface area contributed by atoms with E-state index in [-0.39, 0.29) is 24.8 Å². The molecule has 1 atom stereocenters. The number of rotatable bonds is 14. The third-order valence-corrected chi connectivity index (χ3v) is 8.21. The van der Waals surface area contributed by atoms with Gasteiger partial charge in [0.2, 0.25) is 21.8 Å². The van der Waals surface area contributed by atoms with Crippen LogP contribution in [0.1, 0.15) is 56.2 Å². The summed E-state index contributed by atoms with van der Waals surface area (Å²) >= 11 is 6.27. The minimum absolute atomic E-state index is 0.0308. The lowest BCUT2D eigenvalue weighted by molar-refractivity contribution is -0.140. The Morgan fingerprint density at radius 1 is 0.927 bits per heavy atom. The van der Waals surface area contributed by atoms with Crippen LogP contribution in [0.2, 0.25) is 5.02 Å². The van der Waals surface area contributed by atoms with Crippen molar-refractivity contribution in [1.29, 1.82) is 0 Å². The zero-order valence-electron chi connectivity index (χ0n) is 24.2. The van der Waals surface area contributed by atoms with E-state index in [1.54, 1.807) is 30.3 Å². The average Bonchev–Trinajstić information content (AvgIpc) is 2.93. The van der Waals surface area contributed by atoms with Crippen LogP contribution in [0.5, 0.6) is 0 Å². The fraction of sp³-hybridized carbons (Fsp3) is 0.375. The molecule has 0 heterocycles. The zero-order chi connectivity index (χ0) is 30.0. The third kappa shape index (κ3) is 9.33. The molecule has 0 fully saturated rings. The van der Waals surface area contributed by atoms with Crippen molar-refractivity contribution >= 4 is 39.1 Å². The Balaban J connectivity index is 2.07. The minimum atomic E-state index is -3.84. The summed E-state index contributed by atoms with van der Waals surface area (Å²) in [5.74, 6) is -0.741. The smallest absolute Gasteiger partial charge is 0.244 e. The van der Waals surface area contributed by atoms with E-state index in [1.807, 2.05) is 69.3 Å². The first-order chi connectivity index (χ1) is 19.5. The van der Waals surface area contributed by atoms with E-state index in [1.165, 1.54) is 4.90 Å². The molecule has 220 valence electrons. The Morgan fingerprint density at radius 3 is 2.22 bits per heavy atom. The molecule has 9 heteroatoms. The highest BCUT2D eigenvalue weighted by Crippen LogP contribution is 2.29. The number of amides is 2. The van der Waals surface area contributed by atoms with Crippen molar-refractivity contribution in [3.05, 3.63) is 101 Å². The van der Waals surface area contributed by atoms with E-state index in [4.69, 9.17) is 11.6 Å². The van der Waals surface area contributed by atoms with Gasteiger partial charge >= 0.3 is 0 Å². The summed E-state index contributed by atoms with van der Waals surface area (Å²) in [6, 6.07) is 22.9. The van der Waals surface area contributed by atoms with Gasteiger partial charge in [-0.05, 0) is 47.2 Å². The molecule has 0 aliphatic carbocycles. The molecule has 2 amide bonds. The monoisotopic (exact) mass is 597 g/mol. The van der Waals surface area contributed by atoms with Gasteiger partial charge in [-0.15, -0.1) is 0 Å². The van der Waals surface area contributed by atoms with Crippen LogP contribution in [0.4, 0.5) is 5.69 Å². The van der Waals surface area contributed by atoms with E-state index in [9.17, 15) is 18.0 Å². The maximum Gasteiger partial charge on any atom is 0.244 e. The Kier molecular flexibility index (Phi) is 11.8. The molecule has 0 bridgehead atoms. The molecular weight excluding hydrogens is 558 g/mol. The molecule has 0 radical (unpaired) electrons. The number of hydrogen-bond donors (Lipinski definition) is 1. The first kappa shape index (κ1) is 32.2. The Labute approximate surface area is 249 Å². The minimum Gasteiger partial charge on any atom is -0.354 e. The number of benzene rings is 3. The highest BCUT2D eigenvalue weighted by Gasteiger charge is 2.33. The number of hydrogen-bond acceptors (Lipinski definition) is 4. The lowest BCUT2D eigenvalue weighted by Crippen LogP contribution is -2.53. The Bertz CT molecular complexity index is 1410. The number of nitrogens with zero attached hydrogens (tertiary/aromatic N) is 2. The fourth-order valence-corrected chi connectivity index (χ4v) is 5.77. The van der Waals surface area contributed by atoms with Crippen molar-refractivity contribution in [3.8, 4) is 0 Å². The number of nitrogens with one attached hydrogen (secondary N) is 1. The van der Waals surface area contributed by atoms with Gasteiger partial charge < -0.3 is 10.2 Å². The molecule has 0 unspecified atom stereocenters. The number of unbranched alkanes of at least 4 members (excludes halogenated alkanes) is 1. The van der Waals surface area contributed by atoms with Gasteiger partial charge in [0.15, 0.2) is 0 Å². The molecular formula is C32H40ClN3O4S. The zero-order valence-corrected chi connectivity index (χ0v) is 25.8. The molecule has 3 aromatic carbocycles. The lowest BCUT2D eigenvalue weighted by atomic mass is 10.0. The molecule has 3 aromatic rings. The number of para-hydroxylation sites is 1. The SMILES string of the molecule is CCCCNC(=O)[C@H](Cc1ccccc1)N(Cc1cccc(Cl)c1)C(=O)CN(c1ccccc1C(C)C)S(C)(=O)=O. The third-order valence-electron chi connectivity index (χ3n) is 6.85. The molecule has 0 saturated carbocycles. The molecule has 0 spiro atoms. The molecule has 0 aliphatic rings. The maximum atomic E-state index is 14.2. The van der Waals surface area contributed by atoms with Gasteiger partial charge in [0.1, 0.15) is 12.6 Å². The van der Waals surface area contributed by atoms with Crippen LogP contribution in [0.15, 0.2) is 78.9 Å². The quantitative estimate of drug-likeness (QED) is 0.238.